The maximum Gasteiger partial charge on any atom is 0.326 e. The number of aromatic nitrogens is 4. The molecule has 34 heavy (non-hydrogen) atoms. The van der Waals surface area contributed by atoms with Gasteiger partial charge in [-0.05, 0) is 18.4 Å². The molecule has 3 aromatic rings. The van der Waals surface area contributed by atoms with Crippen molar-refractivity contribution in [2.75, 3.05) is 11.9 Å². The molecule has 1 aromatic carbocycles. The van der Waals surface area contributed by atoms with Gasteiger partial charge >= 0.3 is 17.6 Å². The van der Waals surface area contributed by atoms with Crippen LogP contribution in [0.3, 0.4) is 0 Å². The molecule has 0 aliphatic carbocycles. The number of nitrogens with one attached hydrogen (secondary N) is 2. The molecule has 0 bridgehead atoms. The third kappa shape index (κ3) is 6.40. The molecular weight excluding hydrogens is 444 g/mol. The average Bonchev–Trinajstić information content (AvgIpc) is 3.08. The smallest absolute Gasteiger partial charge is 0.326 e. The topological polar surface area (TPSA) is 173 Å². The molecule has 0 spiro atoms. The molecule has 1 atom stereocenters. The van der Waals surface area contributed by atoms with Gasteiger partial charge in [-0.25, -0.2) is 14.3 Å². The molecule has 4 N–H and O–H groups in total. The Balaban J connectivity index is 1.71. The average molecular weight is 470 g/mol. The zero-order valence-corrected chi connectivity index (χ0v) is 18.6. The molecule has 0 aliphatic heterocycles. The normalized spacial score (nSPS) is 11.8. The third-order valence-corrected chi connectivity index (χ3v) is 5.10. The van der Waals surface area contributed by atoms with E-state index in [0.29, 0.717) is 19.4 Å². The Morgan fingerprint density at radius 1 is 1.15 bits per heavy atom. The minimum absolute atomic E-state index is 0.0454. The number of fused-ring (bicyclic) bond motifs is 1. The number of carbonyl (C=O) groups excluding carboxylic acids is 1. The summed E-state index contributed by atoms with van der Waals surface area (Å²) in [6, 6.07) is 7.85. The number of benzene rings is 1. The van der Waals surface area contributed by atoms with E-state index in [4.69, 9.17) is 5.11 Å². The van der Waals surface area contributed by atoms with E-state index in [9.17, 15) is 24.6 Å². The van der Waals surface area contributed by atoms with Gasteiger partial charge in [0.25, 0.3) is 11.9 Å². The van der Waals surface area contributed by atoms with E-state index in [-0.39, 0.29) is 36.5 Å². The SMILES string of the molecule is Cn1c[n+](CC(=O)N[C@H](Cc2ccccc2)C(=O)O)c2nc(NCCCCC(=O)O)nc([O-])c21. The maximum absolute atomic E-state index is 12.6. The van der Waals surface area contributed by atoms with Crippen LogP contribution in [-0.4, -0.2) is 55.2 Å². The van der Waals surface area contributed by atoms with E-state index in [1.54, 1.807) is 31.3 Å². The van der Waals surface area contributed by atoms with Crippen LogP contribution in [0.2, 0.25) is 0 Å². The number of nitrogens with zero attached hydrogens (tertiary/aromatic N) is 4. The van der Waals surface area contributed by atoms with Gasteiger partial charge in [0.2, 0.25) is 0 Å². The first-order valence-electron chi connectivity index (χ1n) is 10.7. The van der Waals surface area contributed by atoms with Crippen LogP contribution in [0.15, 0.2) is 36.7 Å². The van der Waals surface area contributed by atoms with Crippen LogP contribution in [0.5, 0.6) is 5.88 Å². The van der Waals surface area contributed by atoms with Crippen molar-refractivity contribution in [3.05, 3.63) is 42.2 Å². The van der Waals surface area contributed by atoms with Gasteiger partial charge in [0, 0.05) is 25.3 Å². The van der Waals surface area contributed by atoms with Crippen LogP contribution >= 0.6 is 0 Å². The summed E-state index contributed by atoms with van der Waals surface area (Å²) >= 11 is 0. The number of carbonyl (C=O) groups is 3. The Labute approximate surface area is 194 Å². The Morgan fingerprint density at radius 3 is 2.56 bits per heavy atom. The first kappa shape index (κ1) is 24.4. The van der Waals surface area contributed by atoms with Crippen molar-refractivity contribution in [2.24, 2.45) is 7.05 Å². The van der Waals surface area contributed by atoms with Crippen LogP contribution in [0.25, 0.3) is 11.2 Å². The molecule has 3 rings (SSSR count). The van der Waals surface area contributed by atoms with Gasteiger partial charge < -0.3 is 26.0 Å². The van der Waals surface area contributed by atoms with Gasteiger partial charge in [0.1, 0.15) is 6.04 Å². The molecule has 2 aromatic heterocycles. The van der Waals surface area contributed by atoms with Crippen LogP contribution in [0, 0.1) is 0 Å². The van der Waals surface area contributed by atoms with Crippen molar-refractivity contribution in [2.45, 2.75) is 38.3 Å². The number of hydrogen-bond acceptors (Lipinski definition) is 7. The lowest BCUT2D eigenvalue weighted by Gasteiger charge is -2.14. The van der Waals surface area contributed by atoms with E-state index >= 15 is 0 Å². The molecule has 12 nitrogen and oxygen atoms in total. The zero-order valence-electron chi connectivity index (χ0n) is 18.6. The highest BCUT2D eigenvalue weighted by Gasteiger charge is 2.24. The van der Waals surface area contributed by atoms with Gasteiger partial charge in [-0.2, -0.15) is 0 Å². The maximum atomic E-state index is 12.6. The fourth-order valence-electron chi connectivity index (χ4n) is 3.49. The molecule has 180 valence electrons. The number of imidazole rings is 1. The molecule has 2 heterocycles. The zero-order chi connectivity index (χ0) is 24.7. The fourth-order valence-corrected chi connectivity index (χ4v) is 3.49. The summed E-state index contributed by atoms with van der Waals surface area (Å²) in [5, 5.41) is 36.1. The molecule has 12 heteroatoms. The molecule has 1 amide bonds. The summed E-state index contributed by atoms with van der Waals surface area (Å²) in [7, 11) is 1.62. The molecule has 0 radical (unpaired) electrons. The number of carboxylic acid groups (broad SMARTS) is 2. The van der Waals surface area contributed by atoms with E-state index in [1.807, 2.05) is 6.07 Å². The lowest BCUT2D eigenvalue weighted by Crippen LogP contribution is -2.49. The van der Waals surface area contributed by atoms with Crippen molar-refractivity contribution in [1.82, 2.24) is 19.9 Å². The number of hydrogen-bond donors (Lipinski definition) is 4. The highest BCUT2D eigenvalue weighted by Crippen LogP contribution is 2.18. The standard InChI is InChI=1S/C22H26N6O6/c1-27-13-28(12-16(29)24-15(21(33)34)11-14-7-3-2-4-8-14)19-18(27)20(32)26-22(25-19)23-10-6-5-9-17(30)31/h2-4,7-8,13,15H,5-6,9-12H2,1H3,(H4-,23,24,25,26,29,30,31,32,33,34)/t15-/m1/s1. The number of amides is 1. The van der Waals surface area contributed by atoms with Crippen molar-refractivity contribution in [3.8, 4) is 5.88 Å². The van der Waals surface area contributed by atoms with E-state index < -0.39 is 29.8 Å². The predicted molar refractivity (Wildman–Crippen MR) is 118 cm³/mol. The Hall–Kier alpha value is -4.22. The van der Waals surface area contributed by atoms with Gasteiger partial charge in [0.05, 0.1) is 7.05 Å². The van der Waals surface area contributed by atoms with Gasteiger partial charge in [-0.15, -0.1) is 0 Å². The largest absolute Gasteiger partial charge is 0.856 e. The molecular formula is C22H26N6O6. The fraction of sp³-hybridized carbons (Fsp3) is 0.364. The van der Waals surface area contributed by atoms with Crippen LogP contribution < -0.4 is 20.3 Å². The summed E-state index contributed by atoms with van der Waals surface area (Å²) < 4.78 is 2.95. The van der Waals surface area contributed by atoms with E-state index in [0.717, 1.165) is 5.56 Å². The minimum atomic E-state index is -1.15. The summed E-state index contributed by atoms with van der Waals surface area (Å²) in [5.74, 6) is -3.04. The lowest BCUT2D eigenvalue weighted by atomic mass is 10.1. The van der Waals surface area contributed by atoms with Crippen molar-refractivity contribution in [1.29, 1.82) is 0 Å². The van der Waals surface area contributed by atoms with Gasteiger partial charge in [-0.3, -0.25) is 14.2 Å². The number of aliphatic carboxylic acids is 2. The number of aryl methyl sites for hydroxylation is 1. The second kappa shape index (κ2) is 11.1. The summed E-state index contributed by atoms with van der Waals surface area (Å²) in [4.78, 5) is 43.1. The Bertz CT molecular complexity index is 1180. The van der Waals surface area contributed by atoms with E-state index in [1.165, 1.54) is 15.5 Å². The van der Waals surface area contributed by atoms with Crippen LogP contribution in [0.1, 0.15) is 24.8 Å². The monoisotopic (exact) mass is 470 g/mol. The number of carboxylic acids is 2. The number of unbranched alkanes of at least 4 members (excludes halogenated alkanes) is 1. The minimum Gasteiger partial charge on any atom is -0.856 e. The van der Waals surface area contributed by atoms with Gasteiger partial charge in [-0.1, -0.05) is 35.3 Å². The molecule has 0 saturated carbocycles. The molecule has 0 fully saturated rings. The Kier molecular flexibility index (Phi) is 7.96. The number of rotatable bonds is 12. The van der Waals surface area contributed by atoms with Crippen molar-refractivity contribution in [3.63, 3.8) is 0 Å². The van der Waals surface area contributed by atoms with Gasteiger partial charge in [0.15, 0.2) is 18.4 Å². The highest BCUT2D eigenvalue weighted by atomic mass is 16.4. The summed E-state index contributed by atoms with van der Waals surface area (Å²) in [5.41, 5.74) is 1.19. The molecule has 0 aliphatic rings. The first-order valence-corrected chi connectivity index (χ1v) is 10.7. The summed E-state index contributed by atoms with van der Waals surface area (Å²) in [6.45, 7) is 0.135. The predicted octanol–water partition coefficient (Wildman–Crippen LogP) is -0.192. The summed E-state index contributed by atoms with van der Waals surface area (Å²) in [6.07, 6.45) is 2.71. The van der Waals surface area contributed by atoms with Crippen molar-refractivity contribution >= 4 is 35.0 Å². The van der Waals surface area contributed by atoms with Crippen LogP contribution in [-0.2, 0) is 34.4 Å². The quantitative estimate of drug-likeness (QED) is 0.207. The second-order valence-electron chi connectivity index (χ2n) is 7.80. The van der Waals surface area contributed by atoms with E-state index in [2.05, 4.69) is 20.6 Å². The van der Waals surface area contributed by atoms with Crippen molar-refractivity contribution < 1.29 is 34.3 Å². The second-order valence-corrected chi connectivity index (χ2v) is 7.80. The lowest BCUT2D eigenvalue weighted by molar-refractivity contribution is -0.661. The first-order chi connectivity index (χ1) is 16.2. The third-order valence-electron chi connectivity index (χ3n) is 5.10. The highest BCUT2D eigenvalue weighted by molar-refractivity contribution is 5.83. The molecule has 0 saturated heterocycles. The Morgan fingerprint density at radius 2 is 1.88 bits per heavy atom. The molecule has 0 unspecified atom stereocenters. The van der Waals surface area contributed by atoms with Crippen LogP contribution in [0.4, 0.5) is 5.95 Å². The number of anilines is 1.